The molecule has 0 saturated carbocycles. The highest BCUT2D eigenvalue weighted by Gasteiger charge is 2.34. The summed E-state index contributed by atoms with van der Waals surface area (Å²) in [6.07, 6.45) is 3.16. The summed E-state index contributed by atoms with van der Waals surface area (Å²) in [5.74, 6) is 0.621. The van der Waals surface area contributed by atoms with Gasteiger partial charge in [-0.1, -0.05) is 6.92 Å². The van der Waals surface area contributed by atoms with Crippen LogP contribution in [0.5, 0.6) is 0 Å². The molecule has 3 unspecified atom stereocenters. The first kappa shape index (κ1) is 15.7. The van der Waals surface area contributed by atoms with E-state index >= 15 is 0 Å². The Hall–Kier alpha value is -0.650. The van der Waals surface area contributed by atoms with Crippen LogP contribution < -0.4 is 10.6 Å². The third kappa shape index (κ3) is 4.17. The fourth-order valence-electron chi connectivity index (χ4n) is 3.01. The Morgan fingerprint density at radius 2 is 2.00 bits per heavy atom. The minimum Gasteiger partial charge on any atom is -0.381 e. The largest absolute Gasteiger partial charge is 0.381 e. The lowest BCUT2D eigenvalue weighted by Crippen LogP contribution is -2.48. The molecule has 0 aromatic carbocycles. The van der Waals surface area contributed by atoms with Crippen LogP contribution in [0.25, 0.3) is 0 Å². The average Bonchev–Trinajstić information content (AvgIpc) is 2.94. The molecular formula is C15H28N2O3. The molecule has 0 aromatic heterocycles. The number of carbonyl (C=O) groups excluding carboxylic acids is 1. The minimum absolute atomic E-state index is 0.0520. The summed E-state index contributed by atoms with van der Waals surface area (Å²) in [7, 11) is 0. The smallest absolute Gasteiger partial charge is 0.227 e. The monoisotopic (exact) mass is 284 g/mol. The lowest BCUT2D eigenvalue weighted by Gasteiger charge is -2.29. The molecule has 20 heavy (non-hydrogen) atoms. The highest BCUT2D eigenvalue weighted by molar-refractivity contribution is 5.80. The molecule has 2 fully saturated rings. The second kappa shape index (κ2) is 7.96. The average molecular weight is 284 g/mol. The predicted molar refractivity (Wildman–Crippen MR) is 77.5 cm³/mol. The van der Waals surface area contributed by atoms with Crippen molar-refractivity contribution in [2.75, 3.05) is 33.0 Å². The maximum atomic E-state index is 12.4. The van der Waals surface area contributed by atoms with E-state index in [0.29, 0.717) is 19.1 Å². The standard InChI is InChI=1S/C15H28N2O3/c1-3-6-16-14-10-20-9-13(14)15(18)17-11(2)12-4-7-19-8-5-12/h11-14,16H,3-10H2,1-2H3,(H,17,18). The molecule has 5 nitrogen and oxygen atoms in total. The van der Waals surface area contributed by atoms with Crippen LogP contribution in [0.15, 0.2) is 0 Å². The number of hydrogen-bond donors (Lipinski definition) is 2. The molecule has 2 aliphatic rings. The van der Waals surface area contributed by atoms with Crippen molar-refractivity contribution in [2.45, 2.75) is 45.2 Å². The molecular weight excluding hydrogens is 256 g/mol. The van der Waals surface area contributed by atoms with Crippen LogP contribution in [0.1, 0.15) is 33.1 Å². The number of nitrogens with one attached hydrogen (secondary N) is 2. The first-order valence-electron chi connectivity index (χ1n) is 7.91. The lowest BCUT2D eigenvalue weighted by atomic mass is 9.92. The van der Waals surface area contributed by atoms with Gasteiger partial charge in [0, 0.05) is 25.3 Å². The van der Waals surface area contributed by atoms with Crippen molar-refractivity contribution in [3.63, 3.8) is 0 Å². The summed E-state index contributed by atoms with van der Waals surface area (Å²) in [6, 6.07) is 0.385. The number of amides is 1. The van der Waals surface area contributed by atoms with Crippen LogP contribution in [0.2, 0.25) is 0 Å². The third-order valence-corrected chi connectivity index (χ3v) is 4.42. The van der Waals surface area contributed by atoms with Gasteiger partial charge in [0.25, 0.3) is 0 Å². The Morgan fingerprint density at radius 3 is 2.70 bits per heavy atom. The fraction of sp³-hybridized carbons (Fsp3) is 0.933. The van der Waals surface area contributed by atoms with Crippen LogP contribution in [-0.4, -0.2) is 51.0 Å². The molecule has 0 spiro atoms. The van der Waals surface area contributed by atoms with E-state index in [2.05, 4.69) is 24.5 Å². The number of rotatable bonds is 6. The van der Waals surface area contributed by atoms with Gasteiger partial charge in [-0.05, 0) is 38.6 Å². The van der Waals surface area contributed by atoms with Crippen LogP contribution in [0.3, 0.4) is 0 Å². The summed E-state index contributed by atoms with van der Waals surface area (Å²) in [5.41, 5.74) is 0. The van der Waals surface area contributed by atoms with Crippen LogP contribution >= 0.6 is 0 Å². The van der Waals surface area contributed by atoms with Crippen LogP contribution in [0.4, 0.5) is 0 Å². The van der Waals surface area contributed by atoms with Gasteiger partial charge in [0.1, 0.15) is 0 Å². The fourth-order valence-corrected chi connectivity index (χ4v) is 3.01. The molecule has 2 rings (SSSR count). The molecule has 116 valence electrons. The van der Waals surface area contributed by atoms with E-state index in [0.717, 1.165) is 39.0 Å². The van der Waals surface area contributed by atoms with Gasteiger partial charge in [-0.25, -0.2) is 0 Å². The van der Waals surface area contributed by atoms with Crippen molar-refractivity contribution in [3.8, 4) is 0 Å². The van der Waals surface area contributed by atoms with Gasteiger partial charge in [-0.3, -0.25) is 4.79 Å². The van der Waals surface area contributed by atoms with E-state index < -0.39 is 0 Å². The second-order valence-corrected chi connectivity index (χ2v) is 5.95. The van der Waals surface area contributed by atoms with Crippen LogP contribution in [-0.2, 0) is 14.3 Å². The second-order valence-electron chi connectivity index (χ2n) is 5.95. The highest BCUT2D eigenvalue weighted by atomic mass is 16.5. The van der Waals surface area contributed by atoms with Gasteiger partial charge in [0.2, 0.25) is 5.91 Å². The Morgan fingerprint density at radius 1 is 1.25 bits per heavy atom. The van der Waals surface area contributed by atoms with Crippen molar-refractivity contribution in [2.24, 2.45) is 11.8 Å². The summed E-state index contributed by atoms with van der Waals surface area (Å²) in [6.45, 7) is 7.99. The Kier molecular flexibility index (Phi) is 6.26. The van der Waals surface area contributed by atoms with E-state index in [4.69, 9.17) is 9.47 Å². The molecule has 1 amide bonds. The lowest BCUT2D eigenvalue weighted by molar-refractivity contribution is -0.126. The zero-order valence-corrected chi connectivity index (χ0v) is 12.7. The summed E-state index contributed by atoms with van der Waals surface area (Å²) in [4.78, 5) is 12.4. The topological polar surface area (TPSA) is 59.6 Å². The molecule has 0 bridgehead atoms. The third-order valence-electron chi connectivity index (χ3n) is 4.42. The molecule has 2 N–H and O–H groups in total. The molecule has 0 aromatic rings. The maximum Gasteiger partial charge on any atom is 0.227 e. The zero-order chi connectivity index (χ0) is 14.4. The van der Waals surface area contributed by atoms with Gasteiger partial charge in [-0.15, -0.1) is 0 Å². The molecule has 5 heteroatoms. The molecule has 0 radical (unpaired) electrons. The molecule has 0 aliphatic carbocycles. The summed E-state index contributed by atoms with van der Waals surface area (Å²) in [5, 5.41) is 6.59. The van der Waals surface area contributed by atoms with Gasteiger partial charge in [-0.2, -0.15) is 0 Å². The number of ether oxygens (including phenoxy) is 2. The first-order valence-corrected chi connectivity index (χ1v) is 7.91. The Labute approximate surface area is 121 Å². The predicted octanol–water partition coefficient (Wildman–Crippen LogP) is 0.932. The maximum absolute atomic E-state index is 12.4. The van der Waals surface area contributed by atoms with E-state index in [1.807, 2.05) is 0 Å². The molecule has 2 heterocycles. The van der Waals surface area contributed by atoms with Crippen molar-refractivity contribution < 1.29 is 14.3 Å². The minimum atomic E-state index is -0.0520. The van der Waals surface area contributed by atoms with Crippen LogP contribution in [0, 0.1) is 11.8 Å². The number of carbonyl (C=O) groups is 1. The Bertz CT molecular complexity index is 305. The summed E-state index contributed by atoms with van der Waals surface area (Å²) >= 11 is 0. The SMILES string of the molecule is CCCNC1COCC1C(=O)NC(C)C1CCOCC1. The molecule has 2 saturated heterocycles. The van der Waals surface area contributed by atoms with Gasteiger partial charge >= 0.3 is 0 Å². The number of hydrogen-bond acceptors (Lipinski definition) is 4. The zero-order valence-electron chi connectivity index (χ0n) is 12.7. The molecule has 2 aliphatic heterocycles. The quantitative estimate of drug-likeness (QED) is 0.762. The molecule has 3 atom stereocenters. The van der Waals surface area contributed by atoms with Crippen molar-refractivity contribution in [1.82, 2.24) is 10.6 Å². The van der Waals surface area contributed by atoms with Crippen molar-refractivity contribution >= 4 is 5.91 Å². The van der Waals surface area contributed by atoms with E-state index in [1.54, 1.807) is 0 Å². The van der Waals surface area contributed by atoms with Crippen molar-refractivity contribution in [1.29, 1.82) is 0 Å². The van der Waals surface area contributed by atoms with Crippen molar-refractivity contribution in [3.05, 3.63) is 0 Å². The van der Waals surface area contributed by atoms with E-state index in [1.165, 1.54) is 0 Å². The van der Waals surface area contributed by atoms with Gasteiger partial charge in [0.05, 0.1) is 19.1 Å². The van der Waals surface area contributed by atoms with Gasteiger partial charge in [0.15, 0.2) is 0 Å². The van der Waals surface area contributed by atoms with E-state index in [-0.39, 0.29) is 23.9 Å². The Balaban J connectivity index is 1.80. The first-order chi connectivity index (χ1) is 9.72. The highest BCUT2D eigenvalue weighted by Crippen LogP contribution is 2.20. The summed E-state index contributed by atoms with van der Waals surface area (Å²) < 4.78 is 10.8. The van der Waals surface area contributed by atoms with Gasteiger partial charge < -0.3 is 20.1 Å². The van der Waals surface area contributed by atoms with E-state index in [9.17, 15) is 4.79 Å². The normalized spacial score (nSPS) is 29.3.